The van der Waals surface area contributed by atoms with Crippen molar-refractivity contribution in [2.75, 3.05) is 32.0 Å². The van der Waals surface area contributed by atoms with E-state index in [2.05, 4.69) is 30.5 Å². The Labute approximate surface area is 201 Å². The number of hydrogen-bond donors (Lipinski definition) is 3. The highest BCUT2D eigenvalue weighted by Gasteiger charge is 2.48. The minimum absolute atomic E-state index is 0.164. The molecule has 1 aromatic carbocycles. The Morgan fingerprint density at radius 3 is 2.51 bits per heavy atom. The summed E-state index contributed by atoms with van der Waals surface area (Å²) in [5.41, 5.74) is 0.724. The third-order valence-electron chi connectivity index (χ3n) is 6.80. The molecule has 0 amide bonds. The van der Waals surface area contributed by atoms with Gasteiger partial charge in [0, 0.05) is 60.8 Å². The van der Waals surface area contributed by atoms with Crippen LogP contribution in [0.5, 0.6) is 0 Å². The monoisotopic (exact) mass is 484 g/mol. The van der Waals surface area contributed by atoms with Crippen LogP contribution in [0, 0.1) is 11.6 Å². The molecule has 1 aliphatic carbocycles. The number of aromatic nitrogens is 3. The van der Waals surface area contributed by atoms with Crippen molar-refractivity contribution in [2.45, 2.75) is 36.7 Å². The summed E-state index contributed by atoms with van der Waals surface area (Å²) in [6.07, 6.45) is 2.86. The molecule has 1 saturated carbocycles. The molecule has 2 aliphatic rings. The first kappa shape index (κ1) is 23.7. The molecule has 2 aromatic heterocycles. The van der Waals surface area contributed by atoms with Crippen LogP contribution in [0.2, 0.25) is 0 Å². The second kappa shape index (κ2) is 9.52. The highest BCUT2D eigenvalue weighted by molar-refractivity contribution is 5.64. The molecule has 1 unspecified atom stereocenters. The van der Waals surface area contributed by atoms with Gasteiger partial charge in [-0.25, -0.2) is 23.1 Å². The summed E-state index contributed by atoms with van der Waals surface area (Å²) < 4.78 is 42.7. The van der Waals surface area contributed by atoms with Gasteiger partial charge < -0.3 is 15.3 Å². The molecule has 1 aliphatic heterocycles. The van der Waals surface area contributed by atoms with Gasteiger partial charge in [0.2, 0.25) is 5.95 Å². The smallest absolute Gasteiger partial charge is 0.222 e. The third kappa shape index (κ3) is 4.86. The zero-order valence-corrected chi connectivity index (χ0v) is 19.3. The highest BCUT2D eigenvalue weighted by Crippen LogP contribution is 2.45. The maximum Gasteiger partial charge on any atom is 0.222 e. The number of aliphatic hydroxyl groups excluding tert-OH is 1. The number of pyridine rings is 1. The number of likely N-dealkylation sites (N-methyl/N-ethyl adjacent to an activating group) is 1. The van der Waals surface area contributed by atoms with Crippen LogP contribution < -0.4 is 10.6 Å². The van der Waals surface area contributed by atoms with Gasteiger partial charge in [0.15, 0.2) is 0 Å². The standard InChI is InChI=1S/C25H27F3N6O/c1-34-12-18(13-34)33-23(35)15-4-5-20(27)19(7-15)16-10-30-24(31-11-16)32-14-25(8-17(26)9-25)22-21(28)3-2-6-29-22/h2-7,10-11,17-18,23,33,35H,8-9,12-14H2,1H3,(H,30,31,32)/t17-,23?,25-. The number of anilines is 1. The molecule has 2 fully saturated rings. The van der Waals surface area contributed by atoms with E-state index in [4.69, 9.17) is 0 Å². The number of likely N-dealkylation sites (tertiary alicyclic amines) is 1. The van der Waals surface area contributed by atoms with Crippen molar-refractivity contribution in [1.82, 2.24) is 25.2 Å². The predicted molar refractivity (Wildman–Crippen MR) is 125 cm³/mol. The van der Waals surface area contributed by atoms with E-state index in [9.17, 15) is 18.3 Å². The zero-order chi connectivity index (χ0) is 24.6. The van der Waals surface area contributed by atoms with Gasteiger partial charge in [-0.3, -0.25) is 10.3 Å². The van der Waals surface area contributed by atoms with Crippen molar-refractivity contribution in [3.05, 3.63) is 71.8 Å². The second-order valence-corrected chi connectivity index (χ2v) is 9.50. The average Bonchev–Trinajstić information content (AvgIpc) is 2.81. The maximum atomic E-state index is 14.6. The van der Waals surface area contributed by atoms with Gasteiger partial charge in [0.1, 0.15) is 24.0 Å². The van der Waals surface area contributed by atoms with E-state index in [0.29, 0.717) is 11.1 Å². The van der Waals surface area contributed by atoms with Crippen LogP contribution >= 0.6 is 0 Å². The predicted octanol–water partition coefficient (Wildman–Crippen LogP) is 3.19. The average molecular weight is 485 g/mol. The largest absolute Gasteiger partial charge is 0.374 e. The normalized spacial score (nSPS) is 23.4. The van der Waals surface area contributed by atoms with Crippen LogP contribution in [0.25, 0.3) is 11.1 Å². The Morgan fingerprint density at radius 1 is 1.11 bits per heavy atom. The first-order valence-electron chi connectivity index (χ1n) is 11.6. The fraction of sp³-hybridized carbons (Fsp3) is 0.400. The van der Waals surface area contributed by atoms with Gasteiger partial charge in [0.25, 0.3) is 0 Å². The maximum absolute atomic E-state index is 14.6. The molecule has 0 bridgehead atoms. The number of aliphatic hydroxyl groups is 1. The van der Waals surface area contributed by atoms with E-state index >= 15 is 0 Å². The molecule has 0 spiro atoms. The molecule has 7 nitrogen and oxygen atoms in total. The molecule has 3 aromatic rings. The van der Waals surface area contributed by atoms with Gasteiger partial charge in [-0.15, -0.1) is 0 Å². The summed E-state index contributed by atoms with van der Waals surface area (Å²) in [4.78, 5) is 14.8. The lowest BCUT2D eigenvalue weighted by Crippen LogP contribution is -2.56. The molecular formula is C25H27F3N6O. The van der Waals surface area contributed by atoms with E-state index in [1.54, 1.807) is 12.1 Å². The van der Waals surface area contributed by atoms with E-state index < -0.39 is 29.4 Å². The molecule has 1 saturated heterocycles. The van der Waals surface area contributed by atoms with E-state index in [1.165, 1.54) is 36.8 Å². The Kier molecular flexibility index (Phi) is 6.43. The minimum atomic E-state index is -1.01. The molecule has 184 valence electrons. The van der Waals surface area contributed by atoms with Crippen LogP contribution in [0.1, 0.15) is 30.3 Å². The van der Waals surface area contributed by atoms with Gasteiger partial charge >= 0.3 is 0 Å². The Morgan fingerprint density at radius 2 is 1.86 bits per heavy atom. The molecule has 10 heteroatoms. The van der Waals surface area contributed by atoms with Crippen LogP contribution in [-0.2, 0) is 5.41 Å². The van der Waals surface area contributed by atoms with Crippen molar-refractivity contribution < 1.29 is 18.3 Å². The van der Waals surface area contributed by atoms with E-state index in [-0.39, 0.29) is 42.6 Å². The number of alkyl halides is 1. The Balaban J connectivity index is 1.28. The van der Waals surface area contributed by atoms with Gasteiger partial charge in [-0.2, -0.15) is 0 Å². The lowest BCUT2D eigenvalue weighted by molar-refractivity contribution is 0.0697. The highest BCUT2D eigenvalue weighted by atomic mass is 19.1. The Hall–Kier alpha value is -3.08. The first-order chi connectivity index (χ1) is 16.8. The molecule has 5 rings (SSSR count). The first-order valence-corrected chi connectivity index (χ1v) is 11.6. The van der Waals surface area contributed by atoms with E-state index in [0.717, 1.165) is 13.1 Å². The third-order valence-corrected chi connectivity index (χ3v) is 6.80. The lowest BCUT2D eigenvalue weighted by Gasteiger charge is -2.43. The van der Waals surface area contributed by atoms with Gasteiger partial charge in [-0.05, 0) is 49.7 Å². The topological polar surface area (TPSA) is 86.2 Å². The van der Waals surface area contributed by atoms with Crippen LogP contribution in [-0.4, -0.2) is 63.9 Å². The van der Waals surface area contributed by atoms with Gasteiger partial charge in [-0.1, -0.05) is 6.07 Å². The summed E-state index contributed by atoms with van der Waals surface area (Å²) in [7, 11) is 2.00. The summed E-state index contributed by atoms with van der Waals surface area (Å²) in [6, 6.07) is 7.44. The molecule has 35 heavy (non-hydrogen) atoms. The SMILES string of the molecule is CN1CC(NC(O)c2ccc(F)c(-c3cnc(NC[C@]4(c5ncccc5F)C[C@H](F)C4)nc3)c2)C1. The minimum Gasteiger partial charge on any atom is -0.374 e. The van der Waals surface area contributed by atoms with Crippen LogP contribution in [0.3, 0.4) is 0 Å². The Bertz CT molecular complexity index is 1180. The van der Waals surface area contributed by atoms with Crippen molar-refractivity contribution in [2.24, 2.45) is 0 Å². The summed E-state index contributed by atoms with van der Waals surface area (Å²) in [6.45, 7) is 1.90. The summed E-state index contributed by atoms with van der Waals surface area (Å²) >= 11 is 0. The number of rotatable bonds is 8. The quantitative estimate of drug-likeness (QED) is 0.424. The van der Waals surface area contributed by atoms with Crippen molar-refractivity contribution >= 4 is 5.95 Å². The zero-order valence-electron chi connectivity index (χ0n) is 19.3. The summed E-state index contributed by atoms with van der Waals surface area (Å²) in [5, 5.41) is 16.7. The number of hydrogen-bond acceptors (Lipinski definition) is 7. The molecule has 3 N–H and O–H groups in total. The summed E-state index contributed by atoms with van der Waals surface area (Å²) in [5.74, 6) is -0.658. The molecule has 1 atom stereocenters. The van der Waals surface area contributed by atoms with E-state index in [1.807, 2.05) is 7.05 Å². The lowest BCUT2D eigenvalue weighted by atomic mass is 9.65. The molecule has 0 radical (unpaired) electrons. The number of nitrogens with one attached hydrogen (secondary N) is 2. The van der Waals surface area contributed by atoms with Crippen LogP contribution in [0.4, 0.5) is 19.1 Å². The molecule has 3 heterocycles. The number of benzene rings is 1. The molecular weight excluding hydrogens is 457 g/mol. The van der Waals surface area contributed by atoms with Crippen molar-refractivity contribution in [1.29, 1.82) is 0 Å². The number of halogens is 3. The van der Waals surface area contributed by atoms with Crippen LogP contribution in [0.15, 0.2) is 48.9 Å². The van der Waals surface area contributed by atoms with Crippen molar-refractivity contribution in [3.8, 4) is 11.1 Å². The van der Waals surface area contributed by atoms with Gasteiger partial charge in [0.05, 0.1) is 5.69 Å². The second-order valence-electron chi connectivity index (χ2n) is 9.50. The van der Waals surface area contributed by atoms with Crippen molar-refractivity contribution in [3.63, 3.8) is 0 Å². The fourth-order valence-electron chi connectivity index (χ4n) is 4.85. The fourth-order valence-corrected chi connectivity index (χ4v) is 4.85. The number of nitrogens with zero attached hydrogens (tertiary/aromatic N) is 4.